The number of ether oxygens (including phenoxy) is 1. The number of carbonyl (C=O) groups excluding carboxylic acids is 2. The maximum atomic E-state index is 12.3. The highest BCUT2D eigenvalue weighted by molar-refractivity contribution is 7.22. The van der Waals surface area contributed by atoms with Crippen molar-refractivity contribution in [3.8, 4) is 0 Å². The highest BCUT2D eigenvalue weighted by Crippen LogP contribution is 2.29. The average molecular weight is 323 g/mol. The molecule has 0 bridgehead atoms. The van der Waals surface area contributed by atoms with E-state index in [0.29, 0.717) is 16.2 Å². The molecule has 0 saturated heterocycles. The number of nitrogens with zero attached hydrogens (tertiary/aromatic N) is 1. The Morgan fingerprint density at radius 2 is 1.95 bits per heavy atom. The fourth-order valence-electron chi connectivity index (χ4n) is 1.94. The van der Waals surface area contributed by atoms with Crippen molar-refractivity contribution in [3.05, 3.63) is 23.8 Å². The third kappa shape index (κ3) is 3.52. The van der Waals surface area contributed by atoms with Crippen LogP contribution >= 0.6 is 11.3 Å². The summed E-state index contributed by atoms with van der Waals surface area (Å²) in [4.78, 5) is 32.5. The highest BCUT2D eigenvalue weighted by atomic mass is 32.1. The largest absolute Gasteiger partial charge is 0.459 e. The lowest BCUT2D eigenvalue weighted by atomic mass is 9.99. The topological polar surface area (TPSA) is 118 Å². The lowest BCUT2D eigenvalue weighted by Crippen LogP contribution is -2.33. The van der Waals surface area contributed by atoms with Crippen LogP contribution in [0.15, 0.2) is 18.2 Å². The van der Waals surface area contributed by atoms with Crippen LogP contribution in [-0.4, -0.2) is 22.5 Å². The van der Waals surface area contributed by atoms with E-state index in [9.17, 15) is 9.59 Å². The number of carbonyl (C=O) groups is 2. The second-order valence-corrected chi connectivity index (χ2v) is 6.74. The first-order valence-corrected chi connectivity index (χ1v) is 7.32. The smallest absolute Gasteiger partial charge is 0.343 e. The minimum atomic E-state index is -1.25. The van der Waals surface area contributed by atoms with Gasteiger partial charge in [0.15, 0.2) is 11.0 Å². The molecule has 1 heterocycles. The molecule has 0 aliphatic rings. The van der Waals surface area contributed by atoms with Crippen molar-refractivity contribution in [2.75, 3.05) is 5.73 Å². The SMILES string of the molecule is CC(C)(C)OC(=O)[C@H](C(=O)ON)c1ccc2nc(N)sc2c1. The first-order valence-electron chi connectivity index (χ1n) is 6.50. The quantitative estimate of drug-likeness (QED) is 0.501. The van der Waals surface area contributed by atoms with Crippen LogP contribution in [0.3, 0.4) is 0 Å². The van der Waals surface area contributed by atoms with E-state index in [1.54, 1.807) is 39.0 Å². The van der Waals surface area contributed by atoms with E-state index in [-0.39, 0.29) is 0 Å². The van der Waals surface area contributed by atoms with Crippen LogP contribution in [-0.2, 0) is 19.2 Å². The summed E-state index contributed by atoms with van der Waals surface area (Å²) in [5, 5.41) is 0.405. The number of hydrogen-bond acceptors (Lipinski definition) is 8. The molecule has 2 rings (SSSR count). The molecule has 0 saturated carbocycles. The molecule has 8 heteroatoms. The molecule has 1 aromatic carbocycles. The lowest BCUT2D eigenvalue weighted by molar-refractivity contribution is -0.164. The number of nitrogen functional groups attached to an aromatic ring is 1. The Labute approximate surface area is 131 Å². The number of rotatable bonds is 3. The molecule has 0 spiro atoms. The molecule has 22 heavy (non-hydrogen) atoms. The summed E-state index contributed by atoms with van der Waals surface area (Å²) >= 11 is 1.26. The normalized spacial score (nSPS) is 12.9. The third-order valence-electron chi connectivity index (χ3n) is 2.76. The van der Waals surface area contributed by atoms with E-state index in [1.807, 2.05) is 0 Å². The summed E-state index contributed by atoms with van der Waals surface area (Å²) in [6.45, 7) is 5.13. The highest BCUT2D eigenvalue weighted by Gasteiger charge is 2.34. The van der Waals surface area contributed by atoms with Gasteiger partial charge in [0, 0.05) is 0 Å². The van der Waals surface area contributed by atoms with Gasteiger partial charge in [-0.2, -0.15) is 5.90 Å². The molecule has 4 N–H and O–H groups in total. The van der Waals surface area contributed by atoms with Crippen molar-refractivity contribution in [2.24, 2.45) is 5.90 Å². The summed E-state index contributed by atoms with van der Waals surface area (Å²) in [5.74, 6) is 2.08. The van der Waals surface area contributed by atoms with Crippen LogP contribution < -0.4 is 11.6 Å². The predicted octanol–water partition coefficient (Wildman–Crippen LogP) is 1.72. The Balaban J connectivity index is 2.42. The van der Waals surface area contributed by atoms with Crippen molar-refractivity contribution in [2.45, 2.75) is 32.3 Å². The Kier molecular flexibility index (Phi) is 4.34. The minimum Gasteiger partial charge on any atom is -0.459 e. The van der Waals surface area contributed by atoms with Crippen molar-refractivity contribution in [1.29, 1.82) is 0 Å². The number of nitrogens with two attached hydrogens (primary N) is 2. The number of esters is 1. The van der Waals surface area contributed by atoms with Crippen LogP contribution in [0.1, 0.15) is 32.3 Å². The molecule has 0 aliphatic heterocycles. The van der Waals surface area contributed by atoms with Gasteiger partial charge in [0.05, 0.1) is 10.2 Å². The number of benzene rings is 1. The van der Waals surface area contributed by atoms with Gasteiger partial charge in [-0.05, 0) is 38.5 Å². The fourth-order valence-corrected chi connectivity index (χ4v) is 2.72. The third-order valence-corrected chi connectivity index (χ3v) is 3.60. The molecule has 2 aromatic rings. The molecule has 7 nitrogen and oxygen atoms in total. The minimum absolute atomic E-state index is 0.405. The molecule has 0 unspecified atom stereocenters. The van der Waals surface area contributed by atoms with Crippen LogP contribution in [0.25, 0.3) is 10.2 Å². The van der Waals surface area contributed by atoms with Crippen molar-refractivity contribution in [1.82, 2.24) is 4.98 Å². The van der Waals surface area contributed by atoms with Gasteiger partial charge >= 0.3 is 11.9 Å². The Morgan fingerprint density at radius 3 is 2.55 bits per heavy atom. The molecular weight excluding hydrogens is 306 g/mol. The average Bonchev–Trinajstić information content (AvgIpc) is 2.76. The molecule has 1 aromatic heterocycles. The van der Waals surface area contributed by atoms with E-state index >= 15 is 0 Å². The summed E-state index contributed by atoms with van der Waals surface area (Å²) in [5.41, 5.74) is 6.02. The Morgan fingerprint density at radius 1 is 1.27 bits per heavy atom. The van der Waals surface area contributed by atoms with E-state index < -0.39 is 23.5 Å². The predicted molar refractivity (Wildman–Crippen MR) is 82.9 cm³/mol. The standard InChI is InChI=1S/C14H17N3O4S/c1-14(2,3)20-11(18)10(12(19)21-16)7-4-5-8-9(6-7)22-13(15)17-8/h4-6,10H,16H2,1-3H3,(H2,15,17)/t10-/m1/s1. The molecule has 1 atom stereocenters. The second kappa shape index (κ2) is 5.90. The number of aromatic nitrogens is 1. The monoisotopic (exact) mass is 323 g/mol. The maximum Gasteiger partial charge on any atom is 0.343 e. The van der Waals surface area contributed by atoms with Crippen molar-refractivity contribution < 1.29 is 19.2 Å². The van der Waals surface area contributed by atoms with Gasteiger partial charge in [0.2, 0.25) is 0 Å². The van der Waals surface area contributed by atoms with Crippen LogP contribution in [0.5, 0.6) is 0 Å². The van der Waals surface area contributed by atoms with Crippen LogP contribution in [0, 0.1) is 0 Å². The maximum absolute atomic E-state index is 12.3. The summed E-state index contributed by atoms with van der Waals surface area (Å²) in [6.07, 6.45) is 0. The zero-order valence-electron chi connectivity index (χ0n) is 12.5. The number of hydrogen-bond donors (Lipinski definition) is 2. The van der Waals surface area contributed by atoms with E-state index in [2.05, 4.69) is 9.82 Å². The van der Waals surface area contributed by atoms with Crippen LogP contribution in [0.4, 0.5) is 5.13 Å². The lowest BCUT2D eigenvalue weighted by Gasteiger charge is -2.22. The fraction of sp³-hybridized carbons (Fsp3) is 0.357. The van der Waals surface area contributed by atoms with E-state index in [4.69, 9.17) is 16.4 Å². The van der Waals surface area contributed by atoms with E-state index in [0.717, 1.165) is 4.70 Å². The molecule has 0 aliphatic carbocycles. The molecule has 0 fully saturated rings. The van der Waals surface area contributed by atoms with Gasteiger partial charge in [0.1, 0.15) is 5.60 Å². The summed E-state index contributed by atoms with van der Waals surface area (Å²) in [7, 11) is 0. The Bertz CT molecular complexity index is 720. The molecular formula is C14H17N3O4S. The van der Waals surface area contributed by atoms with Gasteiger partial charge in [-0.3, -0.25) is 4.79 Å². The first kappa shape index (κ1) is 16.2. The zero-order valence-corrected chi connectivity index (χ0v) is 13.3. The van der Waals surface area contributed by atoms with Crippen molar-refractivity contribution in [3.63, 3.8) is 0 Å². The van der Waals surface area contributed by atoms with Crippen LogP contribution in [0.2, 0.25) is 0 Å². The number of fused-ring (bicyclic) bond motifs is 1. The van der Waals surface area contributed by atoms with Gasteiger partial charge in [0.25, 0.3) is 0 Å². The number of thiazole rings is 1. The van der Waals surface area contributed by atoms with E-state index in [1.165, 1.54) is 11.3 Å². The zero-order chi connectivity index (χ0) is 16.5. The second-order valence-electron chi connectivity index (χ2n) is 5.68. The van der Waals surface area contributed by atoms with Gasteiger partial charge in [-0.15, -0.1) is 0 Å². The van der Waals surface area contributed by atoms with Gasteiger partial charge in [-0.1, -0.05) is 17.4 Å². The first-order chi connectivity index (χ1) is 10.2. The van der Waals surface area contributed by atoms with Crippen molar-refractivity contribution >= 4 is 38.6 Å². The summed E-state index contributed by atoms with van der Waals surface area (Å²) in [6, 6.07) is 4.94. The summed E-state index contributed by atoms with van der Waals surface area (Å²) < 4.78 is 6.02. The molecule has 118 valence electrons. The molecule has 0 amide bonds. The number of anilines is 1. The Hall–Kier alpha value is -2.19. The van der Waals surface area contributed by atoms with Gasteiger partial charge in [-0.25, -0.2) is 9.78 Å². The molecule has 0 radical (unpaired) electrons. The van der Waals surface area contributed by atoms with Gasteiger partial charge < -0.3 is 15.3 Å².